The molecule has 0 fully saturated rings. The summed E-state index contributed by atoms with van der Waals surface area (Å²) in [6.45, 7) is 6.06. The number of hydrogen-bond acceptors (Lipinski definition) is 5. The zero-order valence-corrected chi connectivity index (χ0v) is 18.4. The van der Waals surface area contributed by atoms with Gasteiger partial charge in [-0.1, -0.05) is 29.9 Å². The molecule has 0 atom stereocenters. The van der Waals surface area contributed by atoms with Crippen LogP contribution in [0.15, 0.2) is 42.0 Å². The van der Waals surface area contributed by atoms with E-state index in [-0.39, 0.29) is 12.8 Å². The lowest BCUT2D eigenvalue weighted by molar-refractivity contribution is -0.142. The molecular weight excluding hydrogens is 394 g/mol. The first-order valence-corrected chi connectivity index (χ1v) is 10.0. The van der Waals surface area contributed by atoms with Crippen molar-refractivity contribution in [3.8, 4) is 11.5 Å². The summed E-state index contributed by atoms with van der Waals surface area (Å²) in [6, 6.07) is 9.13. The van der Waals surface area contributed by atoms with Crippen LogP contribution in [0.25, 0.3) is 12.2 Å². The Morgan fingerprint density at radius 2 is 1.84 bits per heavy atom. The number of carbonyl (C=O) groups is 2. The Morgan fingerprint density at radius 1 is 1.10 bits per heavy atom. The highest BCUT2D eigenvalue weighted by Gasteiger charge is 2.12. The van der Waals surface area contributed by atoms with Crippen molar-refractivity contribution in [1.29, 1.82) is 0 Å². The van der Waals surface area contributed by atoms with E-state index in [2.05, 4.69) is 6.08 Å². The van der Waals surface area contributed by atoms with E-state index in [4.69, 9.17) is 20.3 Å². The summed E-state index contributed by atoms with van der Waals surface area (Å²) >= 11 is 0. The number of anilines is 1. The maximum atomic E-state index is 12.0. The van der Waals surface area contributed by atoms with Crippen molar-refractivity contribution in [2.45, 2.75) is 40.0 Å². The number of hydrogen-bond donors (Lipinski definition) is 2. The predicted octanol–water partition coefficient (Wildman–Crippen LogP) is 5.04. The van der Waals surface area contributed by atoms with Crippen LogP contribution in [0.4, 0.5) is 5.69 Å². The molecule has 0 saturated heterocycles. The number of ether oxygens (including phenoxy) is 2. The molecule has 2 aromatic rings. The number of aliphatic carboxylic acids is 1. The topological polar surface area (TPSA) is 98.8 Å². The molecule has 0 bridgehead atoms. The van der Waals surface area contributed by atoms with Crippen molar-refractivity contribution >= 4 is 29.8 Å². The molecule has 0 aromatic heterocycles. The second-order valence-corrected chi connectivity index (χ2v) is 7.50. The van der Waals surface area contributed by atoms with Crippen LogP contribution in [0.5, 0.6) is 11.5 Å². The summed E-state index contributed by atoms with van der Waals surface area (Å²) in [5.41, 5.74) is 11.6. The first kappa shape index (κ1) is 23.7. The molecule has 164 valence electrons. The molecule has 0 radical (unpaired) electrons. The van der Waals surface area contributed by atoms with Gasteiger partial charge in [0.2, 0.25) is 0 Å². The maximum Gasteiger partial charge on any atom is 0.311 e. The quantitative estimate of drug-likeness (QED) is 0.193. The zero-order chi connectivity index (χ0) is 23.0. The number of esters is 1. The Balaban J connectivity index is 2.38. The smallest absolute Gasteiger partial charge is 0.311 e. The third kappa shape index (κ3) is 7.33. The number of carboxylic acids is 1. The van der Waals surface area contributed by atoms with Gasteiger partial charge in [0.1, 0.15) is 11.5 Å². The zero-order valence-electron chi connectivity index (χ0n) is 18.4. The minimum atomic E-state index is -1.03. The lowest BCUT2D eigenvalue weighted by atomic mass is 9.96. The number of carbonyl (C=O) groups excluding carboxylic acids is 1. The van der Waals surface area contributed by atoms with Crippen molar-refractivity contribution in [3.05, 3.63) is 64.2 Å². The van der Waals surface area contributed by atoms with E-state index in [0.29, 0.717) is 17.2 Å². The molecule has 0 aliphatic rings. The van der Waals surface area contributed by atoms with Crippen LogP contribution in [0.1, 0.15) is 48.9 Å². The first-order valence-electron chi connectivity index (χ1n) is 10.0. The summed E-state index contributed by atoms with van der Waals surface area (Å²) in [4.78, 5) is 22.7. The van der Waals surface area contributed by atoms with E-state index < -0.39 is 11.9 Å². The van der Waals surface area contributed by atoms with Gasteiger partial charge in [0, 0.05) is 0 Å². The van der Waals surface area contributed by atoms with E-state index in [1.54, 1.807) is 25.3 Å². The number of aryl methyl sites for hydroxylation is 1. The highest BCUT2D eigenvalue weighted by molar-refractivity contribution is 5.79. The molecule has 0 saturated carbocycles. The van der Waals surface area contributed by atoms with Crippen molar-refractivity contribution in [3.63, 3.8) is 0 Å². The van der Waals surface area contributed by atoms with Gasteiger partial charge in [0.15, 0.2) is 0 Å². The van der Waals surface area contributed by atoms with Gasteiger partial charge in [0.05, 0.1) is 25.6 Å². The number of rotatable bonds is 9. The van der Waals surface area contributed by atoms with Gasteiger partial charge in [-0.05, 0) is 73.7 Å². The van der Waals surface area contributed by atoms with Crippen LogP contribution in [0.3, 0.4) is 0 Å². The number of nitrogen functional groups attached to an aromatic ring is 1. The highest BCUT2D eigenvalue weighted by atomic mass is 16.5. The Labute approximate surface area is 183 Å². The monoisotopic (exact) mass is 423 g/mol. The molecule has 0 heterocycles. The van der Waals surface area contributed by atoms with Crippen molar-refractivity contribution in [2.24, 2.45) is 0 Å². The minimum absolute atomic E-state index is 0.176. The molecule has 2 aromatic carbocycles. The van der Waals surface area contributed by atoms with Gasteiger partial charge < -0.3 is 20.3 Å². The molecule has 6 heteroatoms. The van der Waals surface area contributed by atoms with E-state index >= 15 is 0 Å². The second kappa shape index (κ2) is 11.0. The summed E-state index contributed by atoms with van der Waals surface area (Å²) in [5.74, 6) is -0.614. The lowest BCUT2D eigenvalue weighted by Gasteiger charge is -2.13. The molecule has 6 nitrogen and oxygen atoms in total. The molecule has 0 aliphatic heterocycles. The van der Waals surface area contributed by atoms with Crippen LogP contribution < -0.4 is 15.2 Å². The van der Waals surface area contributed by atoms with Crippen LogP contribution >= 0.6 is 0 Å². The van der Waals surface area contributed by atoms with E-state index in [9.17, 15) is 9.59 Å². The predicted molar refractivity (Wildman–Crippen MR) is 123 cm³/mol. The fourth-order valence-electron chi connectivity index (χ4n) is 3.01. The number of nitrogens with two attached hydrogens (primary N) is 1. The SMILES string of the molecule is COc1cc(/C=C/c2cc(OC(=O)CCC(=O)O)cc(C)c2CC=C(C)C)ccc1N. The van der Waals surface area contributed by atoms with Crippen LogP contribution in [0.2, 0.25) is 0 Å². The second-order valence-electron chi connectivity index (χ2n) is 7.50. The number of allylic oxidation sites excluding steroid dienone is 2. The van der Waals surface area contributed by atoms with Crippen LogP contribution in [0, 0.1) is 6.92 Å². The Morgan fingerprint density at radius 3 is 2.48 bits per heavy atom. The molecule has 0 unspecified atom stereocenters. The minimum Gasteiger partial charge on any atom is -0.495 e. The normalized spacial score (nSPS) is 10.7. The fourth-order valence-corrected chi connectivity index (χ4v) is 3.01. The number of carboxylic acid groups (broad SMARTS) is 1. The van der Waals surface area contributed by atoms with E-state index in [1.807, 2.05) is 45.1 Å². The molecule has 2 rings (SSSR count). The van der Waals surface area contributed by atoms with Crippen molar-refractivity contribution in [2.75, 3.05) is 12.8 Å². The molecular formula is C25H29NO5. The lowest BCUT2D eigenvalue weighted by Crippen LogP contribution is -2.10. The largest absolute Gasteiger partial charge is 0.495 e. The van der Waals surface area contributed by atoms with Gasteiger partial charge in [-0.25, -0.2) is 0 Å². The summed E-state index contributed by atoms with van der Waals surface area (Å²) in [7, 11) is 1.57. The summed E-state index contributed by atoms with van der Waals surface area (Å²) < 4.78 is 10.7. The van der Waals surface area contributed by atoms with Gasteiger partial charge in [-0.2, -0.15) is 0 Å². The average molecular weight is 424 g/mol. The third-order valence-corrected chi connectivity index (χ3v) is 4.68. The molecule has 3 N–H and O–H groups in total. The summed E-state index contributed by atoms with van der Waals surface area (Å²) in [5, 5.41) is 8.75. The summed E-state index contributed by atoms with van der Waals surface area (Å²) in [6.07, 6.45) is 6.35. The van der Waals surface area contributed by atoms with Gasteiger partial charge in [0.25, 0.3) is 0 Å². The molecule has 0 amide bonds. The highest BCUT2D eigenvalue weighted by Crippen LogP contribution is 2.27. The average Bonchev–Trinajstić information content (AvgIpc) is 2.70. The Kier molecular flexibility index (Phi) is 8.43. The van der Waals surface area contributed by atoms with E-state index in [1.165, 1.54) is 5.57 Å². The van der Waals surface area contributed by atoms with Crippen LogP contribution in [-0.4, -0.2) is 24.2 Å². The fraction of sp³-hybridized carbons (Fsp3) is 0.280. The standard InChI is InChI=1S/C25H29NO5/c1-16(2)5-9-21-17(3)13-20(31-25(29)12-11-24(27)28)15-19(21)8-6-18-7-10-22(26)23(14-18)30-4/h5-8,10,13-15H,9,11-12,26H2,1-4H3,(H,27,28)/b8-6+. The first-order chi connectivity index (χ1) is 14.7. The maximum absolute atomic E-state index is 12.0. The molecule has 0 spiro atoms. The molecule has 31 heavy (non-hydrogen) atoms. The Hall–Kier alpha value is -3.54. The van der Waals surface area contributed by atoms with Crippen molar-refractivity contribution < 1.29 is 24.2 Å². The number of methoxy groups -OCH3 is 1. The number of benzene rings is 2. The van der Waals surface area contributed by atoms with Gasteiger partial charge >= 0.3 is 11.9 Å². The van der Waals surface area contributed by atoms with E-state index in [0.717, 1.165) is 28.7 Å². The van der Waals surface area contributed by atoms with Gasteiger partial charge in [-0.15, -0.1) is 0 Å². The van der Waals surface area contributed by atoms with Crippen LogP contribution in [-0.2, 0) is 16.0 Å². The molecule has 0 aliphatic carbocycles. The van der Waals surface area contributed by atoms with Gasteiger partial charge in [-0.3, -0.25) is 9.59 Å². The Bertz CT molecular complexity index is 1020. The third-order valence-electron chi connectivity index (χ3n) is 4.68. The van der Waals surface area contributed by atoms with Crippen molar-refractivity contribution in [1.82, 2.24) is 0 Å².